The van der Waals surface area contributed by atoms with E-state index < -0.39 is 16.0 Å². The Morgan fingerprint density at radius 2 is 1.96 bits per heavy atom. The number of nitrogens with zero attached hydrogens (tertiary/aromatic N) is 2. The fraction of sp³-hybridized carbons (Fsp3) is 0.333. The summed E-state index contributed by atoms with van der Waals surface area (Å²) in [5.74, 6) is 0. The maximum atomic E-state index is 14.4. The number of anilines is 1. The van der Waals surface area contributed by atoms with Gasteiger partial charge in [-0.2, -0.15) is 0 Å². The number of nitrogens with one attached hydrogen (secondary N) is 1. The molecule has 25 heavy (non-hydrogen) atoms. The predicted octanol–water partition coefficient (Wildman–Crippen LogP) is 2.58. The van der Waals surface area contributed by atoms with Crippen LogP contribution in [0.2, 0.25) is 0 Å². The average Bonchev–Trinajstić information content (AvgIpc) is 3.17. The number of hydrogen-bond acceptors (Lipinski definition) is 4. The third-order valence-corrected chi connectivity index (χ3v) is 6.35. The molecule has 0 radical (unpaired) electrons. The van der Waals surface area contributed by atoms with Crippen molar-refractivity contribution < 1.29 is 12.8 Å². The molecule has 132 valence electrons. The lowest BCUT2D eigenvalue weighted by atomic mass is 10.0. The summed E-state index contributed by atoms with van der Waals surface area (Å²) >= 11 is 0. The first-order valence-electron chi connectivity index (χ1n) is 8.28. The van der Waals surface area contributed by atoms with Crippen molar-refractivity contribution in [3.8, 4) is 0 Å². The number of sulfone groups is 1. The summed E-state index contributed by atoms with van der Waals surface area (Å²) < 4.78 is 41.6. The number of alkyl halides is 1. The number of aromatic nitrogens is 1. The number of likely N-dealkylation sites (tertiary alicyclic amines) is 1. The fourth-order valence-corrected chi connectivity index (χ4v) is 5.12. The Hall–Kier alpha value is -2.12. The van der Waals surface area contributed by atoms with Gasteiger partial charge in [0.1, 0.15) is 11.1 Å². The molecule has 2 unspecified atom stereocenters. The highest BCUT2D eigenvalue weighted by Gasteiger charge is 2.33. The van der Waals surface area contributed by atoms with Crippen molar-refractivity contribution in [1.82, 2.24) is 9.47 Å². The van der Waals surface area contributed by atoms with Crippen molar-refractivity contribution in [1.29, 1.82) is 0 Å². The van der Waals surface area contributed by atoms with Gasteiger partial charge in [0.05, 0.1) is 22.8 Å². The first-order valence-corrected chi connectivity index (χ1v) is 9.83. The van der Waals surface area contributed by atoms with Crippen LogP contribution in [0.4, 0.5) is 10.1 Å². The summed E-state index contributed by atoms with van der Waals surface area (Å²) in [4.78, 5) is 2.19. The summed E-state index contributed by atoms with van der Waals surface area (Å²) in [6.45, 7) is 1.14. The molecule has 0 amide bonds. The minimum absolute atomic E-state index is 0.241. The van der Waals surface area contributed by atoms with Gasteiger partial charge in [-0.1, -0.05) is 12.1 Å². The van der Waals surface area contributed by atoms with Crippen LogP contribution in [0.3, 0.4) is 0 Å². The van der Waals surface area contributed by atoms with Gasteiger partial charge in [0.15, 0.2) is 0 Å². The van der Waals surface area contributed by atoms with E-state index >= 15 is 0 Å². The van der Waals surface area contributed by atoms with Crippen LogP contribution in [0, 0.1) is 0 Å². The van der Waals surface area contributed by atoms with Gasteiger partial charge < -0.3 is 14.8 Å². The molecule has 3 heterocycles. The van der Waals surface area contributed by atoms with E-state index in [9.17, 15) is 12.8 Å². The normalized spacial score (nSPS) is 25.4. The molecule has 0 saturated carbocycles. The molecular weight excluding hydrogens is 341 g/mol. The third-order valence-electron chi connectivity index (χ3n) is 4.81. The number of piperidine rings is 1. The summed E-state index contributed by atoms with van der Waals surface area (Å²) in [5.41, 5.74) is 1.74. The Bertz CT molecular complexity index is 922. The van der Waals surface area contributed by atoms with Crippen molar-refractivity contribution in [3.63, 3.8) is 0 Å². The number of rotatable bonds is 3. The molecule has 1 fully saturated rings. The SMILES string of the molecule is CN1CCC(Nc2cccc3c2S(=O)(=O)C=C3n2cccc2)C(F)C1. The zero-order valence-corrected chi connectivity index (χ0v) is 14.7. The molecule has 7 heteroatoms. The van der Waals surface area contributed by atoms with E-state index in [1.54, 1.807) is 16.7 Å². The van der Waals surface area contributed by atoms with Crippen LogP contribution < -0.4 is 5.32 Å². The van der Waals surface area contributed by atoms with Crippen LogP contribution >= 0.6 is 0 Å². The molecule has 2 atom stereocenters. The molecule has 0 aliphatic carbocycles. The number of fused-ring (bicyclic) bond motifs is 1. The van der Waals surface area contributed by atoms with Crippen molar-refractivity contribution in [2.75, 3.05) is 25.5 Å². The highest BCUT2D eigenvalue weighted by molar-refractivity contribution is 7.95. The maximum Gasteiger partial charge on any atom is 0.204 e. The Morgan fingerprint density at radius 3 is 2.68 bits per heavy atom. The molecule has 1 N–H and O–H groups in total. The second-order valence-corrected chi connectivity index (χ2v) is 8.37. The second-order valence-electron chi connectivity index (χ2n) is 6.64. The topological polar surface area (TPSA) is 54.3 Å². The van der Waals surface area contributed by atoms with Crippen molar-refractivity contribution in [2.24, 2.45) is 0 Å². The predicted molar refractivity (Wildman–Crippen MR) is 95.9 cm³/mol. The Kier molecular flexibility index (Phi) is 3.92. The Balaban J connectivity index is 1.72. The van der Waals surface area contributed by atoms with E-state index in [0.717, 1.165) is 6.54 Å². The molecule has 1 saturated heterocycles. The quantitative estimate of drug-likeness (QED) is 0.913. The van der Waals surface area contributed by atoms with Gasteiger partial charge >= 0.3 is 0 Å². The minimum atomic E-state index is -3.57. The van der Waals surface area contributed by atoms with Crippen LogP contribution in [-0.2, 0) is 9.84 Å². The molecule has 0 bridgehead atoms. The van der Waals surface area contributed by atoms with E-state index in [2.05, 4.69) is 5.32 Å². The van der Waals surface area contributed by atoms with Gasteiger partial charge in [0.25, 0.3) is 0 Å². The average molecular weight is 361 g/mol. The Morgan fingerprint density at radius 1 is 1.20 bits per heavy atom. The van der Waals surface area contributed by atoms with Gasteiger partial charge in [-0.15, -0.1) is 0 Å². The van der Waals surface area contributed by atoms with E-state index in [1.165, 1.54) is 5.41 Å². The first-order chi connectivity index (χ1) is 12.0. The first kappa shape index (κ1) is 16.4. The summed E-state index contributed by atoms with van der Waals surface area (Å²) in [6, 6.07) is 8.63. The fourth-order valence-electron chi connectivity index (χ4n) is 3.54. The van der Waals surface area contributed by atoms with Crippen molar-refractivity contribution >= 4 is 21.2 Å². The molecule has 2 aromatic rings. The number of halogens is 1. The molecule has 1 aromatic carbocycles. The van der Waals surface area contributed by atoms with Crippen LogP contribution in [-0.4, -0.2) is 50.2 Å². The molecule has 0 spiro atoms. The molecule has 5 nitrogen and oxygen atoms in total. The standard InChI is InChI=1S/C18H20FN3O2S/c1-21-10-7-15(14(19)11-21)20-16-6-4-5-13-17(22-8-2-3-9-22)12-25(23,24)18(13)16/h2-6,8-9,12,14-15,20H,7,10-11H2,1H3. The maximum absolute atomic E-state index is 14.4. The highest BCUT2D eigenvalue weighted by atomic mass is 32.2. The molecule has 1 aromatic heterocycles. The Labute approximate surface area is 146 Å². The van der Waals surface area contributed by atoms with Gasteiger partial charge in [0, 0.05) is 31.0 Å². The van der Waals surface area contributed by atoms with Crippen LogP contribution in [0.5, 0.6) is 0 Å². The van der Waals surface area contributed by atoms with Crippen molar-refractivity contribution in [2.45, 2.75) is 23.5 Å². The number of hydrogen-bond donors (Lipinski definition) is 1. The minimum Gasteiger partial charge on any atom is -0.378 e. The van der Waals surface area contributed by atoms with Crippen LogP contribution in [0.1, 0.15) is 12.0 Å². The van der Waals surface area contributed by atoms with E-state index in [0.29, 0.717) is 29.9 Å². The zero-order chi connectivity index (χ0) is 17.6. The lowest BCUT2D eigenvalue weighted by Crippen LogP contribution is -2.46. The van der Waals surface area contributed by atoms with Gasteiger partial charge in [-0.05, 0) is 31.7 Å². The van der Waals surface area contributed by atoms with Crippen LogP contribution in [0.25, 0.3) is 5.70 Å². The van der Waals surface area contributed by atoms with E-state index in [-0.39, 0.29) is 10.9 Å². The molecular formula is C18H20FN3O2S. The van der Waals surface area contributed by atoms with E-state index in [4.69, 9.17) is 0 Å². The third kappa shape index (κ3) is 2.87. The summed E-state index contributed by atoms with van der Waals surface area (Å²) in [6.07, 6.45) is 3.23. The highest BCUT2D eigenvalue weighted by Crippen LogP contribution is 2.39. The summed E-state index contributed by atoms with van der Waals surface area (Å²) in [7, 11) is -1.68. The molecule has 2 aliphatic heterocycles. The lowest BCUT2D eigenvalue weighted by Gasteiger charge is -2.33. The van der Waals surface area contributed by atoms with Gasteiger partial charge in [-0.25, -0.2) is 12.8 Å². The van der Waals surface area contributed by atoms with Crippen molar-refractivity contribution in [3.05, 3.63) is 53.7 Å². The monoisotopic (exact) mass is 361 g/mol. The van der Waals surface area contributed by atoms with Gasteiger partial charge in [0.2, 0.25) is 9.84 Å². The molecule has 2 aliphatic rings. The number of benzene rings is 1. The smallest absolute Gasteiger partial charge is 0.204 e. The van der Waals surface area contributed by atoms with Gasteiger partial charge in [-0.3, -0.25) is 0 Å². The summed E-state index contributed by atoms with van der Waals surface area (Å²) in [5, 5.41) is 4.43. The largest absolute Gasteiger partial charge is 0.378 e. The second kappa shape index (κ2) is 6.00. The zero-order valence-electron chi connectivity index (χ0n) is 13.9. The van der Waals surface area contributed by atoms with Crippen LogP contribution in [0.15, 0.2) is 53.0 Å². The van der Waals surface area contributed by atoms with E-state index in [1.807, 2.05) is 42.5 Å². The molecule has 4 rings (SSSR count). The lowest BCUT2D eigenvalue weighted by molar-refractivity contribution is 0.149.